The van der Waals surface area contributed by atoms with Gasteiger partial charge < -0.3 is 14.8 Å². The van der Waals surface area contributed by atoms with E-state index in [2.05, 4.69) is 23.5 Å². The summed E-state index contributed by atoms with van der Waals surface area (Å²) in [7, 11) is 2.01. The highest BCUT2D eigenvalue weighted by Gasteiger charge is 2.20. The van der Waals surface area contributed by atoms with Crippen molar-refractivity contribution in [3.63, 3.8) is 0 Å². The molecule has 0 saturated heterocycles. The molecule has 18 heavy (non-hydrogen) atoms. The van der Waals surface area contributed by atoms with E-state index in [1.54, 1.807) is 0 Å². The summed E-state index contributed by atoms with van der Waals surface area (Å²) in [4.78, 5) is 0. The molecule has 1 aliphatic carbocycles. The molecule has 3 rings (SSSR count). The third-order valence-corrected chi connectivity index (χ3v) is 3.64. The lowest BCUT2D eigenvalue weighted by Gasteiger charge is -2.23. The predicted molar refractivity (Wildman–Crippen MR) is 71.2 cm³/mol. The second kappa shape index (κ2) is 5.02. The quantitative estimate of drug-likeness (QED) is 0.831. The van der Waals surface area contributed by atoms with Crippen LogP contribution in [0.25, 0.3) is 0 Å². The molecule has 0 amide bonds. The SMILES string of the molecule is CNC(C1=CCCC1)c1ccc2c(c1)OCCO2. The first-order chi connectivity index (χ1) is 8.88. The van der Waals surface area contributed by atoms with E-state index in [1.807, 2.05) is 13.1 Å². The van der Waals surface area contributed by atoms with Gasteiger partial charge >= 0.3 is 0 Å². The highest BCUT2D eigenvalue weighted by molar-refractivity contribution is 5.46. The minimum atomic E-state index is 0.309. The van der Waals surface area contributed by atoms with Gasteiger partial charge in [-0.05, 0) is 44.0 Å². The number of benzene rings is 1. The maximum absolute atomic E-state index is 5.65. The average Bonchev–Trinajstić information content (AvgIpc) is 2.93. The second-order valence-corrected chi connectivity index (χ2v) is 4.80. The van der Waals surface area contributed by atoms with Crippen molar-refractivity contribution in [3.8, 4) is 11.5 Å². The molecule has 0 saturated carbocycles. The Bertz CT molecular complexity index is 468. The zero-order valence-corrected chi connectivity index (χ0v) is 10.7. The third kappa shape index (κ3) is 2.10. The van der Waals surface area contributed by atoms with Crippen molar-refractivity contribution in [1.82, 2.24) is 5.32 Å². The molecule has 3 heteroatoms. The van der Waals surface area contributed by atoms with Crippen molar-refractivity contribution < 1.29 is 9.47 Å². The summed E-state index contributed by atoms with van der Waals surface area (Å²) < 4.78 is 11.2. The zero-order chi connectivity index (χ0) is 12.4. The Kier molecular flexibility index (Phi) is 3.24. The molecule has 1 N–H and O–H groups in total. The van der Waals surface area contributed by atoms with Crippen LogP contribution in [0.15, 0.2) is 29.8 Å². The number of hydrogen-bond acceptors (Lipinski definition) is 3. The molecule has 1 aromatic carbocycles. The van der Waals surface area contributed by atoms with Gasteiger partial charge in [0.1, 0.15) is 13.2 Å². The van der Waals surface area contributed by atoms with Crippen molar-refractivity contribution in [3.05, 3.63) is 35.4 Å². The van der Waals surface area contributed by atoms with Gasteiger partial charge in [0.05, 0.1) is 6.04 Å². The lowest BCUT2D eigenvalue weighted by Crippen LogP contribution is -2.19. The van der Waals surface area contributed by atoms with Crippen LogP contribution < -0.4 is 14.8 Å². The highest BCUT2D eigenvalue weighted by Crippen LogP contribution is 2.36. The van der Waals surface area contributed by atoms with Gasteiger partial charge in [-0.3, -0.25) is 0 Å². The summed E-state index contributed by atoms with van der Waals surface area (Å²) in [5, 5.41) is 3.40. The van der Waals surface area contributed by atoms with Gasteiger partial charge in [0, 0.05) is 0 Å². The first-order valence-corrected chi connectivity index (χ1v) is 6.64. The number of nitrogens with one attached hydrogen (secondary N) is 1. The minimum absolute atomic E-state index is 0.309. The fraction of sp³-hybridized carbons (Fsp3) is 0.467. The molecular formula is C15H19NO2. The number of fused-ring (bicyclic) bond motifs is 1. The van der Waals surface area contributed by atoms with Gasteiger partial charge in [-0.25, -0.2) is 0 Å². The molecule has 0 fully saturated rings. The van der Waals surface area contributed by atoms with E-state index in [0.717, 1.165) is 11.5 Å². The lowest BCUT2D eigenvalue weighted by molar-refractivity contribution is 0.171. The lowest BCUT2D eigenvalue weighted by atomic mass is 9.98. The normalized spacial score (nSPS) is 19.5. The van der Waals surface area contributed by atoms with Gasteiger partial charge in [-0.2, -0.15) is 0 Å². The van der Waals surface area contributed by atoms with Crippen LogP contribution in [0.1, 0.15) is 30.9 Å². The van der Waals surface area contributed by atoms with Crippen molar-refractivity contribution >= 4 is 0 Å². The molecule has 1 atom stereocenters. The Hall–Kier alpha value is -1.48. The van der Waals surface area contributed by atoms with Gasteiger partial charge in [0.2, 0.25) is 0 Å². The maximum Gasteiger partial charge on any atom is 0.161 e. The van der Waals surface area contributed by atoms with Crippen LogP contribution in [0, 0.1) is 0 Å². The van der Waals surface area contributed by atoms with E-state index in [4.69, 9.17) is 9.47 Å². The molecule has 1 unspecified atom stereocenters. The number of allylic oxidation sites excluding steroid dienone is 1. The molecule has 0 aromatic heterocycles. The summed E-state index contributed by atoms with van der Waals surface area (Å²) in [6.07, 6.45) is 6.04. The van der Waals surface area contributed by atoms with Crippen LogP contribution in [0.3, 0.4) is 0 Å². The van der Waals surface area contributed by atoms with Crippen molar-refractivity contribution in [2.45, 2.75) is 25.3 Å². The zero-order valence-electron chi connectivity index (χ0n) is 10.7. The summed E-state index contributed by atoms with van der Waals surface area (Å²) in [5.41, 5.74) is 2.75. The number of rotatable bonds is 3. The van der Waals surface area contributed by atoms with E-state index in [-0.39, 0.29) is 0 Å². The molecule has 3 nitrogen and oxygen atoms in total. The smallest absolute Gasteiger partial charge is 0.161 e. The Labute approximate surface area is 108 Å². The van der Waals surface area contributed by atoms with E-state index in [9.17, 15) is 0 Å². The predicted octanol–water partition coefficient (Wildman–Crippen LogP) is 2.83. The van der Waals surface area contributed by atoms with Gasteiger partial charge in [0.25, 0.3) is 0 Å². The highest BCUT2D eigenvalue weighted by atomic mass is 16.6. The molecule has 1 aromatic rings. The average molecular weight is 245 g/mol. The van der Waals surface area contributed by atoms with E-state index in [1.165, 1.54) is 30.4 Å². The fourth-order valence-corrected chi connectivity index (χ4v) is 2.76. The standard InChI is InChI=1S/C15H19NO2/c1-16-15(11-4-2-3-5-11)12-6-7-13-14(10-12)18-9-8-17-13/h4,6-7,10,15-16H,2-3,5,8-9H2,1H3. The van der Waals surface area contributed by atoms with Crippen LogP contribution in [-0.2, 0) is 0 Å². The van der Waals surface area contributed by atoms with Crippen molar-refractivity contribution in [2.75, 3.05) is 20.3 Å². The first-order valence-electron chi connectivity index (χ1n) is 6.64. The monoisotopic (exact) mass is 245 g/mol. The number of likely N-dealkylation sites (N-methyl/N-ethyl adjacent to an activating group) is 1. The van der Waals surface area contributed by atoms with Crippen LogP contribution in [-0.4, -0.2) is 20.3 Å². The number of hydrogen-bond donors (Lipinski definition) is 1. The largest absolute Gasteiger partial charge is 0.486 e. The topological polar surface area (TPSA) is 30.5 Å². The molecule has 96 valence electrons. The van der Waals surface area contributed by atoms with Crippen molar-refractivity contribution in [1.29, 1.82) is 0 Å². The molecule has 0 spiro atoms. The summed E-state index contributed by atoms with van der Waals surface area (Å²) >= 11 is 0. The van der Waals surface area contributed by atoms with Crippen LogP contribution >= 0.6 is 0 Å². The fourth-order valence-electron chi connectivity index (χ4n) is 2.76. The molecular weight excluding hydrogens is 226 g/mol. The van der Waals surface area contributed by atoms with E-state index in [0.29, 0.717) is 19.3 Å². The van der Waals surface area contributed by atoms with Crippen LogP contribution in [0.2, 0.25) is 0 Å². The summed E-state index contributed by atoms with van der Waals surface area (Å²) in [5.74, 6) is 1.73. The number of ether oxygens (including phenoxy) is 2. The first kappa shape index (κ1) is 11.6. The van der Waals surface area contributed by atoms with E-state index < -0.39 is 0 Å². The van der Waals surface area contributed by atoms with Crippen LogP contribution in [0.4, 0.5) is 0 Å². The Morgan fingerprint density at radius 3 is 2.72 bits per heavy atom. The maximum atomic E-state index is 5.65. The molecule has 0 bridgehead atoms. The summed E-state index contributed by atoms with van der Waals surface area (Å²) in [6, 6.07) is 6.56. The van der Waals surface area contributed by atoms with Crippen LogP contribution in [0.5, 0.6) is 11.5 Å². The molecule has 1 heterocycles. The summed E-state index contributed by atoms with van der Waals surface area (Å²) in [6.45, 7) is 1.29. The Balaban J connectivity index is 1.90. The molecule has 2 aliphatic rings. The second-order valence-electron chi connectivity index (χ2n) is 4.80. The van der Waals surface area contributed by atoms with Gasteiger partial charge in [-0.15, -0.1) is 0 Å². The van der Waals surface area contributed by atoms with Gasteiger partial charge in [-0.1, -0.05) is 17.7 Å². The van der Waals surface area contributed by atoms with Crippen molar-refractivity contribution in [2.24, 2.45) is 0 Å². The van der Waals surface area contributed by atoms with Gasteiger partial charge in [0.15, 0.2) is 11.5 Å². The molecule has 1 aliphatic heterocycles. The van der Waals surface area contributed by atoms with E-state index >= 15 is 0 Å². The Morgan fingerprint density at radius 1 is 1.17 bits per heavy atom. The minimum Gasteiger partial charge on any atom is -0.486 e. The third-order valence-electron chi connectivity index (χ3n) is 3.64. The molecule has 0 radical (unpaired) electrons. The Morgan fingerprint density at radius 2 is 2.00 bits per heavy atom.